The zero-order valence-corrected chi connectivity index (χ0v) is 12.0. The number of hydrogen-bond acceptors (Lipinski definition) is 5. The van der Waals surface area contributed by atoms with Crippen molar-refractivity contribution in [2.75, 3.05) is 17.7 Å². The Morgan fingerprint density at radius 2 is 1.91 bits per heavy atom. The van der Waals surface area contributed by atoms with Crippen LogP contribution in [0.3, 0.4) is 0 Å². The number of rotatable bonds is 6. The summed E-state index contributed by atoms with van der Waals surface area (Å²) in [6.45, 7) is -2.82. The fourth-order valence-electron chi connectivity index (χ4n) is 2.10. The molecule has 0 atom stereocenters. The van der Waals surface area contributed by atoms with Gasteiger partial charge in [0.05, 0.1) is 5.69 Å². The summed E-state index contributed by atoms with van der Waals surface area (Å²) in [6, 6.07) is 8.21. The second-order valence-electron chi connectivity index (χ2n) is 5.05. The van der Waals surface area contributed by atoms with Crippen molar-refractivity contribution in [2.45, 2.75) is 25.4 Å². The second kappa shape index (κ2) is 6.13. The van der Waals surface area contributed by atoms with Crippen molar-refractivity contribution in [3.63, 3.8) is 0 Å². The molecular formula is C15H16F2N4O. The molecule has 0 bridgehead atoms. The van der Waals surface area contributed by atoms with E-state index in [1.807, 2.05) is 6.07 Å². The standard InChI is InChI=1S/C15H16F2N4O/c1-18-15-20-12(9-2-3-9)8-13(21-15)19-10-4-6-11(7-5-10)22-14(16)17/h4-9,14H,2-3H2,1H3,(H2,18,19,20,21). The lowest BCUT2D eigenvalue weighted by molar-refractivity contribution is -0.0498. The van der Waals surface area contributed by atoms with Crippen LogP contribution < -0.4 is 15.4 Å². The van der Waals surface area contributed by atoms with Gasteiger partial charge in [0.1, 0.15) is 11.6 Å². The first kappa shape index (κ1) is 14.5. The van der Waals surface area contributed by atoms with Crippen molar-refractivity contribution in [3.05, 3.63) is 36.0 Å². The number of nitrogens with zero attached hydrogens (tertiary/aromatic N) is 2. The second-order valence-corrected chi connectivity index (χ2v) is 5.05. The molecule has 22 heavy (non-hydrogen) atoms. The Morgan fingerprint density at radius 3 is 2.50 bits per heavy atom. The molecule has 0 aliphatic heterocycles. The van der Waals surface area contributed by atoms with Crippen molar-refractivity contribution < 1.29 is 13.5 Å². The van der Waals surface area contributed by atoms with Gasteiger partial charge < -0.3 is 15.4 Å². The van der Waals surface area contributed by atoms with Gasteiger partial charge in [-0.2, -0.15) is 13.8 Å². The summed E-state index contributed by atoms with van der Waals surface area (Å²) >= 11 is 0. The predicted octanol–water partition coefficient (Wildman–Crippen LogP) is 3.74. The van der Waals surface area contributed by atoms with Crippen LogP contribution in [0.2, 0.25) is 0 Å². The minimum atomic E-state index is -2.82. The highest BCUT2D eigenvalue weighted by atomic mass is 19.3. The van der Waals surface area contributed by atoms with Gasteiger partial charge in [0, 0.05) is 24.7 Å². The van der Waals surface area contributed by atoms with Crippen LogP contribution in [0, 0.1) is 0 Å². The Morgan fingerprint density at radius 1 is 1.18 bits per heavy atom. The third-order valence-electron chi connectivity index (χ3n) is 3.32. The fourth-order valence-corrected chi connectivity index (χ4v) is 2.10. The average molecular weight is 306 g/mol. The number of benzene rings is 1. The molecular weight excluding hydrogens is 290 g/mol. The van der Waals surface area contributed by atoms with Crippen LogP contribution in [0.4, 0.5) is 26.2 Å². The summed E-state index contributed by atoms with van der Waals surface area (Å²) in [7, 11) is 1.77. The van der Waals surface area contributed by atoms with E-state index in [1.54, 1.807) is 19.2 Å². The maximum Gasteiger partial charge on any atom is 0.387 e. The Hall–Kier alpha value is -2.44. The van der Waals surface area contributed by atoms with E-state index in [0.717, 1.165) is 24.2 Å². The lowest BCUT2D eigenvalue weighted by Gasteiger charge is -2.10. The molecule has 1 aromatic heterocycles. The molecule has 2 N–H and O–H groups in total. The first-order valence-electron chi connectivity index (χ1n) is 7.02. The lowest BCUT2D eigenvalue weighted by Crippen LogP contribution is -2.04. The molecule has 0 spiro atoms. The highest BCUT2D eigenvalue weighted by Crippen LogP contribution is 2.40. The molecule has 0 amide bonds. The van der Waals surface area contributed by atoms with Gasteiger partial charge in [0.25, 0.3) is 0 Å². The number of halogens is 2. The van der Waals surface area contributed by atoms with Gasteiger partial charge in [-0.1, -0.05) is 0 Å². The molecule has 1 aliphatic rings. The van der Waals surface area contributed by atoms with Gasteiger partial charge in [-0.25, -0.2) is 4.98 Å². The molecule has 0 unspecified atom stereocenters. The Balaban J connectivity index is 1.75. The van der Waals surface area contributed by atoms with Crippen LogP contribution in [-0.4, -0.2) is 23.6 Å². The van der Waals surface area contributed by atoms with Gasteiger partial charge in [-0.3, -0.25) is 0 Å². The van der Waals surface area contributed by atoms with Gasteiger partial charge in [0.15, 0.2) is 0 Å². The van der Waals surface area contributed by atoms with Crippen molar-refractivity contribution in [1.82, 2.24) is 9.97 Å². The third kappa shape index (κ3) is 3.60. The molecule has 1 heterocycles. The molecule has 3 rings (SSSR count). The van der Waals surface area contributed by atoms with Crippen molar-refractivity contribution in [1.29, 1.82) is 0 Å². The molecule has 0 saturated heterocycles. The lowest BCUT2D eigenvalue weighted by atomic mass is 10.2. The average Bonchev–Trinajstić information content (AvgIpc) is 3.33. The van der Waals surface area contributed by atoms with E-state index < -0.39 is 6.61 Å². The van der Waals surface area contributed by atoms with Crippen LogP contribution in [-0.2, 0) is 0 Å². The number of alkyl halides is 2. The minimum absolute atomic E-state index is 0.123. The number of nitrogens with one attached hydrogen (secondary N) is 2. The smallest absolute Gasteiger partial charge is 0.387 e. The van der Waals surface area contributed by atoms with Crippen LogP contribution in [0.25, 0.3) is 0 Å². The van der Waals surface area contributed by atoms with Crippen LogP contribution in [0.5, 0.6) is 5.75 Å². The molecule has 7 heteroatoms. The number of hydrogen-bond donors (Lipinski definition) is 2. The predicted molar refractivity (Wildman–Crippen MR) is 79.9 cm³/mol. The summed E-state index contributed by atoms with van der Waals surface area (Å²) in [4.78, 5) is 8.78. The molecule has 2 aromatic rings. The summed E-state index contributed by atoms with van der Waals surface area (Å²) in [6.07, 6.45) is 2.30. The van der Waals surface area contributed by atoms with Gasteiger partial charge >= 0.3 is 6.61 Å². The van der Waals surface area contributed by atoms with Gasteiger partial charge in [0.2, 0.25) is 5.95 Å². The molecule has 116 valence electrons. The van der Waals surface area contributed by atoms with E-state index in [2.05, 4.69) is 25.3 Å². The number of ether oxygens (including phenoxy) is 1. The Bertz CT molecular complexity index is 644. The summed E-state index contributed by atoms with van der Waals surface area (Å²) in [5.74, 6) is 1.86. The molecule has 1 aliphatic carbocycles. The van der Waals surface area contributed by atoms with E-state index >= 15 is 0 Å². The maximum absolute atomic E-state index is 12.1. The fraction of sp³-hybridized carbons (Fsp3) is 0.333. The largest absolute Gasteiger partial charge is 0.435 e. The quantitative estimate of drug-likeness (QED) is 0.851. The van der Waals surface area contributed by atoms with Crippen molar-refractivity contribution in [3.8, 4) is 5.75 Å². The highest BCUT2D eigenvalue weighted by Gasteiger charge is 2.26. The van der Waals surface area contributed by atoms with Crippen LogP contribution >= 0.6 is 0 Å². The maximum atomic E-state index is 12.1. The molecule has 5 nitrogen and oxygen atoms in total. The molecule has 1 saturated carbocycles. The zero-order valence-electron chi connectivity index (χ0n) is 12.0. The topological polar surface area (TPSA) is 59.1 Å². The number of anilines is 3. The van der Waals surface area contributed by atoms with E-state index in [-0.39, 0.29) is 5.75 Å². The minimum Gasteiger partial charge on any atom is -0.435 e. The molecule has 0 radical (unpaired) electrons. The van der Waals surface area contributed by atoms with Crippen molar-refractivity contribution in [2.24, 2.45) is 0 Å². The Kier molecular flexibility index (Phi) is 4.04. The monoisotopic (exact) mass is 306 g/mol. The number of aromatic nitrogens is 2. The van der Waals surface area contributed by atoms with Crippen molar-refractivity contribution >= 4 is 17.5 Å². The van der Waals surface area contributed by atoms with E-state index in [1.165, 1.54) is 12.1 Å². The molecule has 1 aromatic carbocycles. The highest BCUT2D eigenvalue weighted by molar-refractivity contribution is 5.58. The van der Waals surface area contributed by atoms with Gasteiger partial charge in [-0.15, -0.1) is 0 Å². The van der Waals surface area contributed by atoms with Gasteiger partial charge in [-0.05, 0) is 37.1 Å². The summed E-state index contributed by atoms with van der Waals surface area (Å²) in [5, 5.41) is 6.09. The van der Waals surface area contributed by atoms with E-state index in [4.69, 9.17) is 0 Å². The SMILES string of the molecule is CNc1nc(Nc2ccc(OC(F)F)cc2)cc(C2CC2)n1. The first-order chi connectivity index (χ1) is 10.6. The normalized spacial score (nSPS) is 14.0. The van der Waals surface area contributed by atoms with Crippen LogP contribution in [0.1, 0.15) is 24.5 Å². The van der Waals surface area contributed by atoms with E-state index in [9.17, 15) is 8.78 Å². The Labute approximate surface area is 126 Å². The zero-order chi connectivity index (χ0) is 15.5. The molecule has 1 fully saturated rings. The summed E-state index contributed by atoms with van der Waals surface area (Å²) < 4.78 is 28.5. The van der Waals surface area contributed by atoms with E-state index in [0.29, 0.717) is 17.7 Å². The first-order valence-corrected chi connectivity index (χ1v) is 7.02. The summed E-state index contributed by atoms with van der Waals surface area (Å²) in [5.41, 5.74) is 1.75. The van der Waals surface area contributed by atoms with Crippen LogP contribution in [0.15, 0.2) is 30.3 Å². The third-order valence-corrected chi connectivity index (χ3v) is 3.32.